The van der Waals surface area contributed by atoms with Crippen molar-refractivity contribution in [2.24, 2.45) is 0 Å². The van der Waals surface area contributed by atoms with Gasteiger partial charge < -0.3 is 15.0 Å². The van der Waals surface area contributed by atoms with Gasteiger partial charge in [0.1, 0.15) is 5.75 Å². The molecule has 6 heteroatoms. The number of ether oxygens (including phenoxy) is 1. The van der Waals surface area contributed by atoms with E-state index in [1.165, 1.54) is 0 Å². The van der Waals surface area contributed by atoms with Gasteiger partial charge in [-0.1, -0.05) is 36.4 Å². The van der Waals surface area contributed by atoms with Crippen LogP contribution in [0.1, 0.15) is 19.4 Å². The Labute approximate surface area is 167 Å². The monoisotopic (exact) mass is 383 g/mol. The first-order valence-electron chi connectivity index (χ1n) is 9.41. The van der Waals surface area contributed by atoms with Crippen LogP contribution in [0.4, 0.5) is 5.69 Å². The molecule has 0 fully saturated rings. The third-order valence-electron chi connectivity index (χ3n) is 4.67. The molecule has 2 aromatic rings. The minimum Gasteiger partial charge on any atom is -0.497 e. The molecule has 0 bridgehead atoms. The first kappa shape index (κ1) is 21.4. The number of hydrogen-bond donors (Lipinski definition) is 1. The summed E-state index contributed by atoms with van der Waals surface area (Å²) in [5.74, 6) is 0.499. The molecule has 0 saturated carbocycles. The molecule has 0 radical (unpaired) electrons. The fourth-order valence-electron chi connectivity index (χ4n) is 2.87. The van der Waals surface area contributed by atoms with Crippen molar-refractivity contribution in [1.29, 1.82) is 0 Å². The number of carbonyl (C=O) groups is 2. The van der Waals surface area contributed by atoms with Crippen LogP contribution >= 0.6 is 0 Å². The number of nitrogens with zero attached hydrogens (tertiary/aromatic N) is 2. The van der Waals surface area contributed by atoms with Gasteiger partial charge in [0.25, 0.3) is 0 Å². The summed E-state index contributed by atoms with van der Waals surface area (Å²) in [6, 6.07) is 16.7. The van der Waals surface area contributed by atoms with Crippen LogP contribution in [-0.2, 0) is 16.1 Å². The van der Waals surface area contributed by atoms with Gasteiger partial charge in [-0.05, 0) is 38.6 Å². The van der Waals surface area contributed by atoms with E-state index in [-0.39, 0.29) is 18.4 Å². The van der Waals surface area contributed by atoms with Gasteiger partial charge in [-0.15, -0.1) is 0 Å². The molecule has 2 rings (SSSR count). The Morgan fingerprint density at radius 1 is 1.11 bits per heavy atom. The van der Waals surface area contributed by atoms with Gasteiger partial charge in [0.15, 0.2) is 0 Å². The fraction of sp³-hybridized carbons (Fsp3) is 0.364. The van der Waals surface area contributed by atoms with Crippen LogP contribution in [0.25, 0.3) is 0 Å². The number of nitrogens with one attached hydrogen (secondary N) is 1. The standard InChI is InChI=1S/C22H29N3O3/c1-5-25(15-18-10-7-6-8-11-18)22(27)17(2)24(3)16-21(26)23-19-12-9-13-20(14-19)28-4/h6-14,17H,5,15-16H2,1-4H3,(H,23,26)/t17-/m1/s1. The molecule has 0 aliphatic carbocycles. The zero-order chi connectivity index (χ0) is 20.5. The van der Waals surface area contributed by atoms with E-state index in [4.69, 9.17) is 4.74 Å². The lowest BCUT2D eigenvalue weighted by atomic mass is 10.2. The molecular weight excluding hydrogens is 354 g/mol. The van der Waals surface area contributed by atoms with Crippen molar-refractivity contribution >= 4 is 17.5 Å². The highest BCUT2D eigenvalue weighted by molar-refractivity contribution is 5.93. The Morgan fingerprint density at radius 2 is 1.82 bits per heavy atom. The summed E-state index contributed by atoms with van der Waals surface area (Å²) in [4.78, 5) is 28.8. The minimum absolute atomic E-state index is 0.00281. The lowest BCUT2D eigenvalue weighted by Crippen LogP contribution is -2.47. The molecule has 0 aliphatic heterocycles. The third kappa shape index (κ3) is 6.09. The fourth-order valence-corrected chi connectivity index (χ4v) is 2.87. The van der Waals surface area contributed by atoms with E-state index in [1.54, 1.807) is 36.1 Å². The van der Waals surface area contributed by atoms with Crippen LogP contribution in [0, 0.1) is 0 Å². The van der Waals surface area contributed by atoms with Crippen molar-refractivity contribution in [2.75, 3.05) is 32.6 Å². The highest BCUT2D eigenvalue weighted by Crippen LogP contribution is 2.16. The number of anilines is 1. The molecule has 28 heavy (non-hydrogen) atoms. The zero-order valence-electron chi connectivity index (χ0n) is 17.0. The molecule has 0 aromatic heterocycles. The number of rotatable bonds is 9. The molecule has 0 unspecified atom stereocenters. The van der Waals surface area contributed by atoms with Crippen LogP contribution in [-0.4, -0.2) is 54.9 Å². The van der Waals surface area contributed by atoms with Gasteiger partial charge in [0.05, 0.1) is 19.7 Å². The second-order valence-electron chi connectivity index (χ2n) is 6.71. The first-order chi connectivity index (χ1) is 13.4. The molecule has 1 N–H and O–H groups in total. The zero-order valence-corrected chi connectivity index (χ0v) is 17.0. The molecule has 2 amide bonds. The Kier molecular flexibility index (Phi) is 8.02. The first-order valence-corrected chi connectivity index (χ1v) is 9.41. The number of carbonyl (C=O) groups excluding carboxylic acids is 2. The average molecular weight is 383 g/mol. The molecule has 6 nitrogen and oxygen atoms in total. The van der Waals surface area contributed by atoms with E-state index in [2.05, 4.69) is 5.32 Å². The Bertz CT molecular complexity index is 780. The van der Waals surface area contributed by atoms with Gasteiger partial charge in [-0.25, -0.2) is 0 Å². The number of likely N-dealkylation sites (N-methyl/N-ethyl adjacent to an activating group) is 2. The van der Waals surface area contributed by atoms with Crippen molar-refractivity contribution in [3.8, 4) is 5.75 Å². The van der Waals surface area contributed by atoms with E-state index in [0.29, 0.717) is 24.5 Å². The number of hydrogen-bond acceptors (Lipinski definition) is 4. The van der Waals surface area contributed by atoms with E-state index in [1.807, 2.05) is 56.3 Å². The summed E-state index contributed by atoms with van der Waals surface area (Å²) in [6.07, 6.45) is 0. The van der Waals surface area contributed by atoms with Gasteiger partial charge in [-0.3, -0.25) is 14.5 Å². The number of amides is 2. The van der Waals surface area contributed by atoms with Gasteiger partial charge >= 0.3 is 0 Å². The van der Waals surface area contributed by atoms with E-state index < -0.39 is 6.04 Å². The second kappa shape index (κ2) is 10.5. The second-order valence-corrected chi connectivity index (χ2v) is 6.71. The van der Waals surface area contributed by atoms with Crippen molar-refractivity contribution < 1.29 is 14.3 Å². The largest absolute Gasteiger partial charge is 0.497 e. The summed E-state index contributed by atoms with van der Waals surface area (Å²) >= 11 is 0. The van der Waals surface area contributed by atoms with Crippen molar-refractivity contribution in [1.82, 2.24) is 9.80 Å². The predicted molar refractivity (Wildman–Crippen MR) is 111 cm³/mol. The van der Waals surface area contributed by atoms with Crippen LogP contribution in [0.2, 0.25) is 0 Å². The summed E-state index contributed by atoms with van der Waals surface area (Å²) in [5, 5.41) is 2.84. The number of benzene rings is 2. The van der Waals surface area contributed by atoms with Crippen LogP contribution in [0.3, 0.4) is 0 Å². The van der Waals surface area contributed by atoms with Gasteiger partial charge in [-0.2, -0.15) is 0 Å². The average Bonchev–Trinajstić information content (AvgIpc) is 2.71. The highest BCUT2D eigenvalue weighted by atomic mass is 16.5. The predicted octanol–water partition coefficient (Wildman–Crippen LogP) is 3.00. The van der Waals surface area contributed by atoms with Crippen molar-refractivity contribution in [3.05, 3.63) is 60.2 Å². The Morgan fingerprint density at radius 3 is 2.46 bits per heavy atom. The maximum absolute atomic E-state index is 12.9. The smallest absolute Gasteiger partial charge is 0.239 e. The maximum atomic E-state index is 12.9. The molecule has 0 spiro atoms. The SMILES string of the molecule is CCN(Cc1ccccc1)C(=O)[C@@H](C)N(C)CC(=O)Nc1cccc(OC)c1. The van der Waals surface area contributed by atoms with E-state index >= 15 is 0 Å². The highest BCUT2D eigenvalue weighted by Gasteiger charge is 2.24. The summed E-state index contributed by atoms with van der Waals surface area (Å²) in [6.45, 7) is 5.08. The Hall–Kier alpha value is -2.86. The summed E-state index contributed by atoms with van der Waals surface area (Å²) < 4.78 is 5.16. The lowest BCUT2D eigenvalue weighted by Gasteiger charge is -2.29. The minimum atomic E-state index is -0.403. The third-order valence-corrected chi connectivity index (χ3v) is 4.67. The number of methoxy groups -OCH3 is 1. The normalized spacial score (nSPS) is 11.8. The maximum Gasteiger partial charge on any atom is 0.239 e. The quantitative estimate of drug-likeness (QED) is 0.723. The summed E-state index contributed by atoms with van der Waals surface area (Å²) in [7, 11) is 3.36. The van der Waals surface area contributed by atoms with Crippen LogP contribution in [0.5, 0.6) is 5.75 Å². The van der Waals surface area contributed by atoms with E-state index in [9.17, 15) is 9.59 Å². The van der Waals surface area contributed by atoms with Gasteiger partial charge in [0, 0.05) is 24.8 Å². The molecule has 150 valence electrons. The van der Waals surface area contributed by atoms with Gasteiger partial charge in [0.2, 0.25) is 11.8 Å². The molecular formula is C22H29N3O3. The van der Waals surface area contributed by atoms with Crippen LogP contribution in [0.15, 0.2) is 54.6 Å². The lowest BCUT2D eigenvalue weighted by molar-refractivity contribution is -0.136. The van der Waals surface area contributed by atoms with E-state index in [0.717, 1.165) is 5.56 Å². The van der Waals surface area contributed by atoms with Crippen LogP contribution < -0.4 is 10.1 Å². The van der Waals surface area contributed by atoms with Crippen molar-refractivity contribution in [3.63, 3.8) is 0 Å². The summed E-state index contributed by atoms with van der Waals surface area (Å²) in [5.41, 5.74) is 1.75. The van der Waals surface area contributed by atoms with Crippen molar-refractivity contribution in [2.45, 2.75) is 26.4 Å². The molecule has 0 aliphatic rings. The molecule has 0 saturated heterocycles. The molecule has 2 aromatic carbocycles. The molecule has 1 atom stereocenters. The topological polar surface area (TPSA) is 61.9 Å². The Balaban J connectivity index is 1.93. The molecule has 0 heterocycles.